The van der Waals surface area contributed by atoms with Crippen molar-refractivity contribution in [2.24, 2.45) is 0 Å². The molecule has 1 aromatic carbocycles. The average Bonchev–Trinajstić information content (AvgIpc) is 2.78. The van der Waals surface area contributed by atoms with Crippen LogP contribution in [0.3, 0.4) is 0 Å². The molecule has 0 atom stereocenters. The number of para-hydroxylation sites is 1. The van der Waals surface area contributed by atoms with Crippen LogP contribution in [0.2, 0.25) is 0 Å². The van der Waals surface area contributed by atoms with E-state index in [1.54, 1.807) is 6.07 Å². The van der Waals surface area contributed by atoms with Crippen LogP contribution in [-0.2, 0) is 14.0 Å². The van der Waals surface area contributed by atoms with E-state index in [1.807, 2.05) is 48.5 Å². The van der Waals surface area contributed by atoms with Crippen molar-refractivity contribution in [3.05, 3.63) is 35.3 Å². The molecule has 0 amide bonds. The number of methoxy groups -OCH3 is 1. The van der Waals surface area contributed by atoms with E-state index >= 15 is 4.39 Å². The van der Waals surface area contributed by atoms with Gasteiger partial charge >= 0.3 is 7.12 Å². The Kier molecular flexibility index (Phi) is 6.63. The second kappa shape index (κ2) is 8.13. The van der Waals surface area contributed by atoms with Crippen molar-refractivity contribution in [3.8, 4) is 5.75 Å². The lowest BCUT2D eigenvalue weighted by atomic mass is 9.81. The van der Waals surface area contributed by atoms with E-state index in [4.69, 9.17) is 18.8 Å². The van der Waals surface area contributed by atoms with Gasteiger partial charge in [-0.25, -0.2) is 8.78 Å². The largest absolute Gasteiger partial charge is 0.525 e. The van der Waals surface area contributed by atoms with Crippen molar-refractivity contribution in [1.29, 1.82) is 0 Å². The number of hydrogen-bond acceptors (Lipinski definition) is 4. The lowest BCUT2D eigenvalue weighted by Gasteiger charge is -2.32. The normalized spacial score (nSPS) is 19.6. The third kappa shape index (κ3) is 4.94. The van der Waals surface area contributed by atoms with Crippen molar-refractivity contribution in [3.63, 3.8) is 0 Å². The fourth-order valence-corrected chi connectivity index (χ4v) is 2.88. The van der Waals surface area contributed by atoms with Crippen molar-refractivity contribution in [2.45, 2.75) is 71.7 Å². The van der Waals surface area contributed by atoms with E-state index in [-0.39, 0.29) is 30.0 Å². The molecular weight excluding hydrogens is 365 g/mol. The highest BCUT2D eigenvalue weighted by Gasteiger charge is 2.53. The SMILES string of the molecule is COc1c(F)cccc1C(CCOC(C)(C)C)=C(F)B1OC(C)(C)C(C)(C)O1. The van der Waals surface area contributed by atoms with Gasteiger partial charge in [0, 0.05) is 5.56 Å². The minimum absolute atomic E-state index is 0.0140. The molecule has 0 N–H and O–H groups in total. The van der Waals surface area contributed by atoms with Crippen LogP contribution in [0.5, 0.6) is 5.75 Å². The summed E-state index contributed by atoms with van der Waals surface area (Å²) in [4.78, 5) is 0. The topological polar surface area (TPSA) is 36.9 Å². The van der Waals surface area contributed by atoms with Gasteiger partial charge in [0.15, 0.2) is 11.6 Å². The van der Waals surface area contributed by atoms with Crippen LogP contribution in [0, 0.1) is 5.82 Å². The first-order valence-electron chi connectivity index (χ1n) is 9.50. The molecule has 0 saturated carbocycles. The zero-order valence-electron chi connectivity index (χ0n) is 18.1. The van der Waals surface area contributed by atoms with Crippen LogP contribution in [0.15, 0.2) is 23.9 Å². The summed E-state index contributed by atoms with van der Waals surface area (Å²) < 4.78 is 52.5. The van der Waals surface area contributed by atoms with Gasteiger partial charge in [-0.2, -0.15) is 0 Å². The molecular formula is C21H31BF2O4. The zero-order chi connectivity index (χ0) is 21.3. The number of halogens is 2. The Morgan fingerprint density at radius 1 is 1.11 bits per heavy atom. The molecule has 0 radical (unpaired) electrons. The minimum atomic E-state index is -1.18. The van der Waals surface area contributed by atoms with Gasteiger partial charge in [0.25, 0.3) is 0 Å². The lowest BCUT2D eigenvalue weighted by molar-refractivity contribution is 0.000554. The summed E-state index contributed by atoms with van der Waals surface area (Å²) in [5.74, 6) is -0.573. The summed E-state index contributed by atoms with van der Waals surface area (Å²) in [7, 11) is 0.181. The van der Waals surface area contributed by atoms with E-state index < -0.39 is 29.9 Å². The molecule has 28 heavy (non-hydrogen) atoms. The Labute approximate surface area is 167 Å². The fourth-order valence-electron chi connectivity index (χ4n) is 2.88. The summed E-state index contributed by atoms with van der Waals surface area (Å²) in [5, 5.41) is 0. The summed E-state index contributed by atoms with van der Waals surface area (Å²) in [6.07, 6.45) is 0.215. The molecule has 1 aliphatic rings. The average molecular weight is 396 g/mol. The third-order valence-electron chi connectivity index (χ3n) is 5.13. The standard InChI is InChI=1S/C21H31BF2O4/c1-19(2,3)26-13-12-15(14-10-9-11-16(23)17(14)25-8)18(24)22-27-20(4,5)21(6,7)28-22/h9-11H,12-13H2,1-8H3. The summed E-state index contributed by atoms with van der Waals surface area (Å²) >= 11 is 0. The molecule has 1 fully saturated rings. The van der Waals surface area contributed by atoms with Crippen molar-refractivity contribution in [2.75, 3.05) is 13.7 Å². The molecule has 4 nitrogen and oxygen atoms in total. The van der Waals surface area contributed by atoms with Gasteiger partial charge in [-0.15, -0.1) is 0 Å². The molecule has 156 valence electrons. The first-order valence-corrected chi connectivity index (χ1v) is 9.50. The zero-order valence-corrected chi connectivity index (χ0v) is 18.1. The molecule has 0 unspecified atom stereocenters. The molecule has 0 bridgehead atoms. The Morgan fingerprint density at radius 3 is 2.18 bits per heavy atom. The molecule has 1 aliphatic heterocycles. The second-order valence-electron chi connectivity index (χ2n) is 8.95. The van der Waals surface area contributed by atoms with Crippen LogP contribution >= 0.6 is 0 Å². The highest BCUT2D eigenvalue weighted by atomic mass is 19.1. The van der Waals surface area contributed by atoms with E-state index in [0.717, 1.165) is 0 Å². The summed E-state index contributed by atoms with van der Waals surface area (Å²) in [6, 6.07) is 4.42. The smallest absolute Gasteiger partial charge is 0.493 e. The fraction of sp³-hybridized carbons (Fsp3) is 0.619. The number of benzene rings is 1. The molecule has 0 aromatic heterocycles. The van der Waals surface area contributed by atoms with Gasteiger partial charge in [-0.05, 0) is 66.5 Å². The molecule has 0 aliphatic carbocycles. The van der Waals surface area contributed by atoms with Gasteiger partial charge in [0.05, 0.1) is 30.5 Å². The maximum absolute atomic E-state index is 15.6. The van der Waals surface area contributed by atoms with Crippen LogP contribution in [0.4, 0.5) is 8.78 Å². The van der Waals surface area contributed by atoms with Crippen molar-refractivity contribution >= 4 is 12.7 Å². The molecule has 1 saturated heterocycles. The molecule has 2 rings (SSSR count). The van der Waals surface area contributed by atoms with Crippen LogP contribution < -0.4 is 4.74 Å². The number of rotatable bonds is 6. The molecule has 7 heteroatoms. The predicted octanol–water partition coefficient (Wildman–Crippen LogP) is 5.35. The second-order valence-corrected chi connectivity index (χ2v) is 8.95. The van der Waals surface area contributed by atoms with E-state index in [9.17, 15) is 4.39 Å². The Hall–Kier alpha value is -1.44. The van der Waals surface area contributed by atoms with E-state index in [1.165, 1.54) is 19.2 Å². The van der Waals surface area contributed by atoms with E-state index in [0.29, 0.717) is 5.56 Å². The van der Waals surface area contributed by atoms with Gasteiger partial charge in [0.2, 0.25) is 0 Å². The predicted molar refractivity (Wildman–Crippen MR) is 107 cm³/mol. The third-order valence-corrected chi connectivity index (χ3v) is 5.13. The molecule has 0 spiro atoms. The number of ether oxygens (including phenoxy) is 2. The maximum atomic E-state index is 15.6. The highest BCUT2D eigenvalue weighted by Crippen LogP contribution is 2.42. The van der Waals surface area contributed by atoms with Crippen LogP contribution in [0.25, 0.3) is 5.57 Å². The Bertz CT molecular complexity index is 722. The van der Waals surface area contributed by atoms with Gasteiger partial charge in [-0.3, -0.25) is 0 Å². The lowest BCUT2D eigenvalue weighted by Crippen LogP contribution is -2.41. The first-order chi connectivity index (χ1) is 12.8. The van der Waals surface area contributed by atoms with E-state index in [2.05, 4.69) is 0 Å². The maximum Gasteiger partial charge on any atom is 0.525 e. The van der Waals surface area contributed by atoms with Crippen molar-refractivity contribution in [1.82, 2.24) is 0 Å². The summed E-state index contributed by atoms with van der Waals surface area (Å²) in [5.41, 5.74) is -1.77. The van der Waals surface area contributed by atoms with Crippen LogP contribution in [0.1, 0.15) is 60.5 Å². The summed E-state index contributed by atoms with van der Waals surface area (Å²) in [6.45, 7) is 13.4. The van der Waals surface area contributed by atoms with Crippen LogP contribution in [-0.4, -0.2) is 37.6 Å². The monoisotopic (exact) mass is 396 g/mol. The van der Waals surface area contributed by atoms with Gasteiger partial charge in [-0.1, -0.05) is 12.1 Å². The molecule has 1 heterocycles. The Morgan fingerprint density at radius 2 is 1.68 bits per heavy atom. The van der Waals surface area contributed by atoms with Gasteiger partial charge in [0.1, 0.15) is 5.73 Å². The highest BCUT2D eigenvalue weighted by molar-refractivity contribution is 6.55. The first kappa shape index (κ1) is 22.8. The minimum Gasteiger partial charge on any atom is -0.493 e. The Balaban J connectivity index is 2.46. The van der Waals surface area contributed by atoms with Crippen molar-refractivity contribution < 1.29 is 27.6 Å². The quantitative estimate of drug-likeness (QED) is 0.608. The number of hydrogen-bond donors (Lipinski definition) is 0. The van der Waals surface area contributed by atoms with Gasteiger partial charge < -0.3 is 18.8 Å². The molecule has 1 aromatic rings.